The summed E-state index contributed by atoms with van der Waals surface area (Å²) in [6.07, 6.45) is 9.81. The molecule has 1 N–H and O–H groups in total. The minimum atomic E-state index is 0.719. The van der Waals surface area contributed by atoms with Gasteiger partial charge in [0.2, 0.25) is 0 Å². The highest BCUT2D eigenvalue weighted by Gasteiger charge is 2.34. The molecule has 0 spiro atoms. The summed E-state index contributed by atoms with van der Waals surface area (Å²) in [6, 6.07) is 9.73. The summed E-state index contributed by atoms with van der Waals surface area (Å²) >= 11 is 0. The Hall–Kier alpha value is -0.980. The molecule has 0 heterocycles. The summed E-state index contributed by atoms with van der Waals surface area (Å²) < 4.78 is 0. The summed E-state index contributed by atoms with van der Waals surface area (Å²) in [5.74, 6) is 2.10. The van der Waals surface area contributed by atoms with Crippen LogP contribution in [-0.2, 0) is 6.42 Å². The number of hydrogen-bond acceptors (Lipinski definition) is 1. The van der Waals surface area contributed by atoms with Crippen LogP contribution in [0.1, 0.15) is 51.0 Å². The second-order valence-corrected chi connectivity index (χ2v) is 6.16. The molecule has 1 heteroatoms. The van der Waals surface area contributed by atoms with E-state index in [2.05, 4.69) is 36.5 Å². The van der Waals surface area contributed by atoms with Gasteiger partial charge in [-0.05, 0) is 61.6 Å². The molecule has 0 radical (unpaired) electrons. The molecule has 3 rings (SSSR count). The standard InChI is InChI=1S/C17H25N/c1-2-13-6-10-16(11-7-13)18-17-5-3-4-15(12-17)14-8-9-14/h6-7,10-11,14-15,17-18H,2-5,8-9,12H2,1H3. The molecule has 0 aliphatic heterocycles. The molecule has 2 aliphatic carbocycles. The van der Waals surface area contributed by atoms with Gasteiger partial charge >= 0.3 is 0 Å². The van der Waals surface area contributed by atoms with Crippen molar-refractivity contribution in [1.29, 1.82) is 0 Å². The van der Waals surface area contributed by atoms with Gasteiger partial charge in [-0.1, -0.05) is 31.9 Å². The lowest BCUT2D eigenvalue weighted by molar-refractivity contribution is 0.303. The molecule has 2 unspecified atom stereocenters. The molecule has 1 aromatic rings. The third kappa shape index (κ3) is 2.88. The molecule has 2 saturated carbocycles. The maximum Gasteiger partial charge on any atom is 0.0342 e. The minimum absolute atomic E-state index is 0.719. The van der Waals surface area contributed by atoms with Crippen LogP contribution in [-0.4, -0.2) is 6.04 Å². The van der Waals surface area contributed by atoms with E-state index in [1.165, 1.54) is 49.8 Å². The van der Waals surface area contributed by atoms with Gasteiger partial charge in [-0.25, -0.2) is 0 Å². The Morgan fingerprint density at radius 1 is 1.00 bits per heavy atom. The van der Waals surface area contributed by atoms with Crippen molar-refractivity contribution in [3.8, 4) is 0 Å². The SMILES string of the molecule is CCc1ccc(NC2CCCC(C3CC3)C2)cc1. The molecular weight excluding hydrogens is 218 g/mol. The van der Waals surface area contributed by atoms with Gasteiger partial charge in [-0.3, -0.25) is 0 Å². The van der Waals surface area contributed by atoms with E-state index in [4.69, 9.17) is 0 Å². The molecule has 2 atom stereocenters. The van der Waals surface area contributed by atoms with E-state index in [1.807, 2.05) is 0 Å². The average Bonchev–Trinajstić information content (AvgIpc) is 3.24. The van der Waals surface area contributed by atoms with Crippen LogP contribution in [0.2, 0.25) is 0 Å². The lowest BCUT2D eigenvalue weighted by Crippen LogP contribution is -2.28. The maximum absolute atomic E-state index is 3.74. The van der Waals surface area contributed by atoms with Crippen molar-refractivity contribution in [2.75, 3.05) is 5.32 Å². The molecule has 2 fully saturated rings. The molecule has 0 saturated heterocycles. The number of rotatable bonds is 4. The first-order valence-electron chi connectivity index (χ1n) is 7.70. The second kappa shape index (κ2) is 5.34. The highest BCUT2D eigenvalue weighted by atomic mass is 14.9. The molecule has 1 nitrogen and oxygen atoms in total. The third-order valence-electron chi connectivity index (χ3n) is 4.74. The van der Waals surface area contributed by atoms with Crippen LogP contribution in [0.25, 0.3) is 0 Å². The van der Waals surface area contributed by atoms with Gasteiger partial charge in [-0.15, -0.1) is 0 Å². The summed E-state index contributed by atoms with van der Waals surface area (Å²) in [4.78, 5) is 0. The summed E-state index contributed by atoms with van der Waals surface area (Å²) in [6.45, 7) is 2.21. The number of nitrogens with one attached hydrogen (secondary N) is 1. The lowest BCUT2D eigenvalue weighted by atomic mass is 9.82. The zero-order valence-electron chi connectivity index (χ0n) is 11.5. The topological polar surface area (TPSA) is 12.0 Å². The molecule has 0 aromatic heterocycles. The van der Waals surface area contributed by atoms with Crippen molar-refractivity contribution in [2.45, 2.75) is 57.9 Å². The quantitative estimate of drug-likeness (QED) is 0.813. The number of benzene rings is 1. The van der Waals surface area contributed by atoms with Gasteiger partial charge in [-0.2, -0.15) is 0 Å². The first-order valence-corrected chi connectivity index (χ1v) is 7.70. The van der Waals surface area contributed by atoms with Crippen LogP contribution in [0.3, 0.4) is 0 Å². The number of anilines is 1. The van der Waals surface area contributed by atoms with Crippen LogP contribution in [0.15, 0.2) is 24.3 Å². The molecular formula is C17H25N. The van der Waals surface area contributed by atoms with Crippen molar-refractivity contribution in [2.24, 2.45) is 11.8 Å². The Bertz CT molecular complexity index is 377. The second-order valence-electron chi connectivity index (χ2n) is 6.16. The molecule has 0 bridgehead atoms. The van der Waals surface area contributed by atoms with Gasteiger partial charge in [0.1, 0.15) is 0 Å². The first-order chi connectivity index (χ1) is 8.85. The fourth-order valence-electron chi connectivity index (χ4n) is 3.43. The Labute approximate surface area is 111 Å². The fourth-order valence-corrected chi connectivity index (χ4v) is 3.43. The van der Waals surface area contributed by atoms with Gasteiger partial charge < -0.3 is 5.32 Å². The third-order valence-corrected chi connectivity index (χ3v) is 4.74. The summed E-state index contributed by atoms with van der Waals surface area (Å²) in [5.41, 5.74) is 2.74. The van der Waals surface area contributed by atoms with Crippen molar-refractivity contribution >= 4 is 5.69 Å². The van der Waals surface area contributed by atoms with E-state index < -0.39 is 0 Å². The summed E-state index contributed by atoms with van der Waals surface area (Å²) in [5, 5.41) is 3.74. The van der Waals surface area contributed by atoms with Crippen molar-refractivity contribution < 1.29 is 0 Å². The lowest BCUT2D eigenvalue weighted by Gasteiger charge is -2.30. The highest BCUT2D eigenvalue weighted by Crippen LogP contribution is 2.44. The van der Waals surface area contributed by atoms with Crippen LogP contribution >= 0.6 is 0 Å². The van der Waals surface area contributed by atoms with E-state index in [-0.39, 0.29) is 0 Å². The Balaban J connectivity index is 1.57. The van der Waals surface area contributed by atoms with Crippen LogP contribution in [0.5, 0.6) is 0 Å². The van der Waals surface area contributed by atoms with Crippen LogP contribution < -0.4 is 5.32 Å². The monoisotopic (exact) mass is 243 g/mol. The van der Waals surface area contributed by atoms with Crippen molar-refractivity contribution in [3.05, 3.63) is 29.8 Å². The Morgan fingerprint density at radius 2 is 1.78 bits per heavy atom. The van der Waals surface area contributed by atoms with E-state index in [9.17, 15) is 0 Å². The minimum Gasteiger partial charge on any atom is -0.382 e. The molecule has 98 valence electrons. The molecule has 18 heavy (non-hydrogen) atoms. The fraction of sp³-hybridized carbons (Fsp3) is 0.647. The van der Waals surface area contributed by atoms with Crippen LogP contribution in [0, 0.1) is 11.8 Å². The zero-order chi connectivity index (χ0) is 12.4. The van der Waals surface area contributed by atoms with E-state index in [0.717, 1.165) is 24.3 Å². The number of hydrogen-bond donors (Lipinski definition) is 1. The maximum atomic E-state index is 3.74. The smallest absolute Gasteiger partial charge is 0.0342 e. The van der Waals surface area contributed by atoms with Gasteiger partial charge in [0.05, 0.1) is 0 Å². The average molecular weight is 243 g/mol. The normalized spacial score (nSPS) is 28.1. The van der Waals surface area contributed by atoms with Gasteiger partial charge in [0, 0.05) is 11.7 Å². The van der Waals surface area contributed by atoms with Crippen molar-refractivity contribution in [3.63, 3.8) is 0 Å². The molecule has 2 aliphatic rings. The number of aryl methyl sites for hydroxylation is 1. The predicted octanol–water partition coefficient (Wildman–Crippen LogP) is 4.63. The highest BCUT2D eigenvalue weighted by molar-refractivity contribution is 5.45. The first kappa shape index (κ1) is 12.1. The van der Waals surface area contributed by atoms with E-state index >= 15 is 0 Å². The molecule has 0 amide bonds. The molecule has 1 aromatic carbocycles. The van der Waals surface area contributed by atoms with E-state index in [1.54, 1.807) is 0 Å². The predicted molar refractivity (Wildman–Crippen MR) is 77.9 cm³/mol. The Morgan fingerprint density at radius 3 is 2.44 bits per heavy atom. The zero-order valence-corrected chi connectivity index (χ0v) is 11.5. The summed E-state index contributed by atoms with van der Waals surface area (Å²) in [7, 11) is 0. The largest absolute Gasteiger partial charge is 0.382 e. The van der Waals surface area contributed by atoms with Gasteiger partial charge in [0.15, 0.2) is 0 Å². The Kier molecular flexibility index (Phi) is 3.58. The van der Waals surface area contributed by atoms with E-state index in [0.29, 0.717) is 0 Å². The van der Waals surface area contributed by atoms with Gasteiger partial charge in [0.25, 0.3) is 0 Å². The van der Waals surface area contributed by atoms with Crippen molar-refractivity contribution in [1.82, 2.24) is 0 Å². The van der Waals surface area contributed by atoms with Crippen LogP contribution in [0.4, 0.5) is 5.69 Å².